The molecule has 33 heavy (non-hydrogen) atoms. The lowest BCUT2D eigenvalue weighted by molar-refractivity contribution is 0.390. The topological polar surface area (TPSA) is 82.8 Å². The van der Waals surface area contributed by atoms with Crippen molar-refractivity contribution in [2.45, 2.75) is 18.7 Å². The van der Waals surface area contributed by atoms with Gasteiger partial charge in [-0.25, -0.2) is 9.67 Å². The third kappa shape index (κ3) is 5.12. The zero-order chi connectivity index (χ0) is 23.4. The SMILES string of the molecule is COc1cc(C=Nc2cc(C)nn2-c2ccccc2)ccc1OS(=O)(=O)c1ccc(C)cc1. The van der Waals surface area contributed by atoms with Crippen molar-refractivity contribution in [3.05, 3.63) is 95.7 Å². The predicted molar refractivity (Wildman–Crippen MR) is 128 cm³/mol. The summed E-state index contributed by atoms with van der Waals surface area (Å²) in [7, 11) is -2.54. The average molecular weight is 462 g/mol. The fourth-order valence-corrected chi connectivity index (χ4v) is 4.12. The lowest BCUT2D eigenvalue weighted by atomic mass is 10.2. The maximum Gasteiger partial charge on any atom is 0.339 e. The van der Waals surface area contributed by atoms with Crippen LogP contribution in [0.4, 0.5) is 5.82 Å². The van der Waals surface area contributed by atoms with E-state index >= 15 is 0 Å². The molecule has 0 aliphatic rings. The Bertz CT molecular complexity index is 1390. The molecule has 1 heterocycles. The molecule has 8 heteroatoms. The number of aryl methyl sites for hydroxylation is 2. The highest BCUT2D eigenvalue weighted by Gasteiger charge is 2.19. The quantitative estimate of drug-likeness (QED) is 0.285. The van der Waals surface area contributed by atoms with E-state index in [4.69, 9.17) is 8.92 Å². The van der Waals surface area contributed by atoms with Crippen LogP contribution in [-0.2, 0) is 10.1 Å². The molecular weight excluding hydrogens is 438 g/mol. The van der Waals surface area contributed by atoms with Crippen molar-refractivity contribution in [2.24, 2.45) is 4.99 Å². The molecule has 0 amide bonds. The lowest BCUT2D eigenvalue weighted by Crippen LogP contribution is -2.10. The van der Waals surface area contributed by atoms with Gasteiger partial charge in [0.1, 0.15) is 4.90 Å². The van der Waals surface area contributed by atoms with E-state index < -0.39 is 10.1 Å². The summed E-state index contributed by atoms with van der Waals surface area (Å²) >= 11 is 0. The van der Waals surface area contributed by atoms with Crippen LogP contribution in [0.2, 0.25) is 0 Å². The first-order valence-corrected chi connectivity index (χ1v) is 11.6. The van der Waals surface area contributed by atoms with Crippen LogP contribution in [0.1, 0.15) is 16.8 Å². The summed E-state index contributed by atoms with van der Waals surface area (Å²) in [6.45, 7) is 3.79. The maximum absolute atomic E-state index is 12.6. The Morgan fingerprint density at radius 3 is 2.33 bits per heavy atom. The van der Waals surface area contributed by atoms with Gasteiger partial charge in [-0.15, -0.1) is 0 Å². The number of nitrogens with zero attached hydrogens (tertiary/aromatic N) is 3. The van der Waals surface area contributed by atoms with Crippen molar-refractivity contribution in [1.29, 1.82) is 0 Å². The van der Waals surface area contributed by atoms with Gasteiger partial charge >= 0.3 is 10.1 Å². The van der Waals surface area contributed by atoms with E-state index in [1.807, 2.05) is 50.2 Å². The molecule has 7 nitrogen and oxygen atoms in total. The Morgan fingerprint density at radius 2 is 1.64 bits per heavy atom. The monoisotopic (exact) mass is 461 g/mol. The molecule has 0 unspecified atom stereocenters. The molecule has 1 aromatic heterocycles. The third-order valence-electron chi connectivity index (χ3n) is 4.86. The van der Waals surface area contributed by atoms with Crippen LogP contribution in [0.15, 0.2) is 88.8 Å². The molecule has 0 spiro atoms. The van der Waals surface area contributed by atoms with Gasteiger partial charge in [0.2, 0.25) is 0 Å². The van der Waals surface area contributed by atoms with Gasteiger partial charge in [0.15, 0.2) is 17.3 Å². The number of hydrogen-bond acceptors (Lipinski definition) is 6. The van der Waals surface area contributed by atoms with Crippen molar-refractivity contribution in [2.75, 3.05) is 7.11 Å². The normalized spacial score (nSPS) is 11.6. The summed E-state index contributed by atoms with van der Waals surface area (Å²) in [5.41, 5.74) is 3.42. The summed E-state index contributed by atoms with van der Waals surface area (Å²) in [6.07, 6.45) is 1.66. The highest BCUT2D eigenvalue weighted by molar-refractivity contribution is 7.87. The van der Waals surface area contributed by atoms with Crippen LogP contribution in [-0.4, -0.2) is 31.5 Å². The Labute approximate surface area is 193 Å². The Morgan fingerprint density at radius 1 is 0.909 bits per heavy atom. The van der Waals surface area contributed by atoms with E-state index in [-0.39, 0.29) is 16.4 Å². The molecule has 0 aliphatic heterocycles. The maximum atomic E-state index is 12.6. The number of methoxy groups -OCH3 is 1. The summed E-state index contributed by atoms with van der Waals surface area (Å²) in [5.74, 6) is 1.04. The van der Waals surface area contributed by atoms with Crippen molar-refractivity contribution < 1.29 is 17.3 Å². The second-order valence-electron chi connectivity index (χ2n) is 7.41. The Hall–Kier alpha value is -3.91. The minimum absolute atomic E-state index is 0.0744. The van der Waals surface area contributed by atoms with Crippen LogP contribution in [0.3, 0.4) is 0 Å². The molecule has 0 bridgehead atoms. The van der Waals surface area contributed by atoms with Gasteiger partial charge in [-0.2, -0.15) is 13.5 Å². The molecule has 4 rings (SSSR count). The fraction of sp³-hybridized carbons (Fsp3) is 0.120. The van der Waals surface area contributed by atoms with Gasteiger partial charge in [0.05, 0.1) is 18.5 Å². The zero-order valence-electron chi connectivity index (χ0n) is 18.5. The molecular formula is C25H23N3O4S. The summed E-state index contributed by atoms with van der Waals surface area (Å²) in [6, 6.07) is 23.0. The molecule has 168 valence electrons. The second-order valence-corrected chi connectivity index (χ2v) is 8.96. The number of ether oxygens (including phenoxy) is 1. The largest absolute Gasteiger partial charge is 0.493 e. The second kappa shape index (κ2) is 9.30. The highest BCUT2D eigenvalue weighted by Crippen LogP contribution is 2.31. The van der Waals surface area contributed by atoms with Gasteiger partial charge < -0.3 is 8.92 Å². The van der Waals surface area contributed by atoms with Gasteiger partial charge in [-0.1, -0.05) is 35.9 Å². The smallest absolute Gasteiger partial charge is 0.339 e. The number of aliphatic imine (C=N–C) groups is 1. The molecule has 3 aromatic carbocycles. The van der Waals surface area contributed by atoms with Crippen LogP contribution in [0.5, 0.6) is 11.5 Å². The van der Waals surface area contributed by atoms with Crippen molar-refractivity contribution >= 4 is 22.2 Å². The average Bonchev–Trinajstić information content (AvgIpc) is 3.19. The Balaban J connectivity index is 1.59. The molecule has 4 aromatic rings. The van der Waals surface area contributed by atoms with Gasteiger partial charge in [0, 0.05) is 12.3 Å². The molecule has 0 atom stereocenters. The molecule has 0 saturated carbocycles. The van der Waals surface area contributed by atoms with Crippen LogP contribution in [0, 0.1) is 13.8 Å². The third-order valence-corrected chi connectivity index (χ3v) is 6.10. The number of hydrogen-bond donors (Lipinski definition) is 0. The first-order chi connectivity index (χ1) is 15.9. The van der Waals surface area contributed by atoms with E-state index in [1.54, 1.807) is 41.2 Å². The lowest BCUT2D eigenvalue weighted by Gasteiger charge is -2.11. The first-order valence-electron chi connectivity index (χ1n) is 10.2. The van der Waals surface area contributed by atoms with E-state index in [0.717, 1.165) is 16.9 Å². The van der Waals surface area contributed by atoms with Crippen LogP contribution >= 0.6 is 0 Å². The Kier molecular flexibility index (Phi) is 6.28. The van der Waals surface area contributed by atoms with E-state index in [0.29, 0.717) is 11.4 Å². The highest BCUT2D eigenvalue weighted by atomic mass is 32.2. The van der Waals surface area contributed by atoms with E-state index in [1.165, 1.54) is 19.2 Å². The predicted octanol–water partition coefficient (Wildman–Crippen LogP) is 5.02. The fourth-order valence-electron chi connectivity index (χ4n) is 3.18. The number of para-hydroxylation sites is 1. The molecule has 0 fully saturated rings. The van der Waals surface area contributed by atoms with Crippen molar-refractivity contribution in [3.63, 3.8) is 0 Å². The van der Waals surface area contributed by atoms with E-state index in [9.17, 15) is 8.42 Å². The standard InChI is InChI=1S/C25H23N3O4S/c1-18-9-12-22(13-10-18)33(29,30)32-23-14-11-20(16-24(23)31-3)17-26-25-15-19(2)27-28(25)21-7-5-4-6-8-21/h4-17H,1-3H3. The summed E-state index contributed by atoms with van der Waals surface area (Å²) < 4.78 is 37.7. The van der Waals surface area contributed by atoms with E-state index in [2.05, 4.69) is 10.1 Å². The first kappa shape index (κ1) is 22.3. The van der Waals surface area contributed by atoms with Crippen LogP contribution < -0.4 is 8.92 Å². The summed E-state index contributed by atoms with van der Waals surface area (Å²) in [5, 5.41) is 4.51. The van der Waals surface area contributed by atoms with Gasteiger partial charge in [-0.05, 0) is 61.9 Å². The zero-order valence-corrected chi connectivity index (χ0v) is 19.3. The van der Waals surface area contributed by atoms with Crippen molar-refractivity contribution in [1.82, 2.24) is 9.78 Å². The van der Waals surface area contributed by atoms with Gasteiger partial charge in [0.25, 0.3) is 0 Å². The molecule has 0 radical (unpaired) electrons. The molecule has 0 aliphatic carbocycles. The molecule has 0 saturated heterocycles. The summed E-state index contributed by atoms with van der Waals surface area (Å²) in [4.78, 5) is 4.64. The minimum Gasteiger partial charge on any atom is -0.493 e. The number of rotatable bonds is 7. The number of benzene rings is 3. The van der Waals surface area contributed by atoms with Crippen molar-refractivity contribution in [3.8, 4) is 17.2 Å². The molecule has 0 N–H and O–H groups in total. The van der Waals surface area contributed by atoms with Gasteiger partial charge in [-0.3, -0.25) is 0 Å². The minimum atomic E-state index is -3.99. The number of aromatic nitrogens is 2. The van der Waals surface area contributed by atoms with Crippen LogP contribution in [0.25, 0.3) is 5.69 Å².